The highest BCUT2D eigenvalue weighted by molar-refractivity contribution is 9.10. The predicted octanol–water partition coefficient (Wildman–Crippen LogP) is 3.65. The van der Waals surface area contributed by atoms with Crippen molar-refractivity contribution in [3.8, 4) is 11.6 Å². The molecule has 0 saturated heterocycles. The van der Waals surface area contributed by atoms with Gasteiger partial charge in [-0.2, -0.15) is 4.98 Å². The van der Waals surface area contributed by atoms with Gasteiger partial charge in [0.2, 0.25) is 5.88 Å². The summed E-state index contributed by atoms with van der Waals surface area (Å²) in [6.07, 6.45) is 1.69. The molecule has 0 atom stereocenters. The van der Waals surface area contributed by atoms with Gasteiger partial charge in [0, 0.05) is 16.7 Å². The van der Waals surface area contributed by atoms with Crippen molar-refractivity contribution >= 4 is 15.9 Å². The molecule has 1 aromatic heterocycles. The molecule has 0 aliphatic heterocycles. The van der Waals surface area contributed by atoms with Crippen molar-refractivity contribution in [2.45, 2.75) is 13.8 Å². The third kappa shape index (κ3) is 2.58. The normalized spacial score (nSPS) is 10.2. The summed E-state index contributed by atoms with van der Waals surface area (Å²) in [4.78, 5) is 8.21. The van der Waals surface area contributed by atoms with Crippen LogP contribution in [-0.2, 0) is 0 Å². The van der Waals surface area contributed by atoms with Gasteiger partial charge in [-0.3, -0.25) is 0 Å². The summed E-state index contributed by atoms with van der Waals surface area (Å²) in [5.41, 5.74) is 1.06. The molecule has 1 heterocycles. The second kappa shape index (κ2) is 4.61. The first-order valence-corrected chi connectivity index (χ1v) is 5.68. The Bertz CT molecular complexity index is 514. The number of ether oxygens (including phenoxy) is 1. The molecular weight excluding hydrogens is 268 g/mol. The van der Waals surface area contributed by atoms with E-state index in [2.05, 4.69) is 25.9 Å². The average Bonchev–Trinajstić information content (AvgIpc) is 2.22. The zero-order chi connectivity index (χ0) is 11.5. The van der Waals surface area contributed by atoms with Crippen LogP contribution in [0.4, 0.5) is 0 Å². The highest BCUT2D eigenvalue weighted by Crippen LogP contribution is 2.26. The van der Waals surface area contributed by atoms with Crippen LogP contribution in [0.15, 0.2) is 34.9 Å². The van der Waals surface area contributed by atoms with Crippen molar-refractivity contribution in [2.24, 2.45) is 0 Å². The molecule has 0 spiro atoms. The van der Waals surface area contributed by atoms with Gasteiger partial charge in [-0.25, -0.2) is 4.98 Å². The van der Waals surface area contributed by atoms with E-state index in [1.807, 2.05) is 32.0 Å². The minimum absolute atomic E-state index is 0.568. The van der Waals surface area contributed by atoms with E-state index in [0.29, 0.717) is 11.7 Å². The Hall–Kier alpha value is -1.42. The lowest BCUT2D eigenvalue weighted by Gasteiger charge is -2.07. The van der Waals surface area contributed by atoms with Crippen molar-refractivity contribution in [3.63, 3.8) is 0 Å². The quantitative estimate of drug-likeness (QED) is 0.841. The van der Waals surface area contributed by atoms with Crippen LogP contribution in [-0.4, -0.2) is 9.97 Å². The average molecular weight is 279 g/mol. The highest BCUT2D eigenvalue weighted by atomic mass is 79.9. The smallest absolute Gasteiger partial charge is 0.222 e. The van der Waals surface area contributed by atoms with Crippen molar-refractivity contribution in [2.75, 3.05) is 0 Å². The minimum Gasteiger partial charge on any atom is -0.439 e. The van der Waals surface area contributed by atoms with E-state index in [1.165, 1.54) is 0 Å². The van der Waals surface area contributed by atoms with Gasteiger partial charge >= 0.3 is 0 Å². The van der Waals surface area contributed by atoms with Crippen LogP contribution in [0.5, 0.6) is 11.6 Å². The molecule has 0 N–H and O–H groups in total. The number of nitrogens with zero attached hydrogens (tertiary/aromatic N) is 2. The van der Waals surface area contributed by atoms with Gasteiger partial charge in [-0.05, 0) is 37.6 Å². The van der Waals surface area contributed by atoms with Crippen LogP contribution in [0.1, 0.15) is 11.4 Å². The largest absolute Gasteiger partial charge is 0.439 e. The molecular formula is C12H11BrN2O. The molecule has 1 aromatic carbocycles. The molecule has 0 bridgehead atoms. The number of hydrogen-bond acceptors (Lipinski definition) is 3. The summed E-state index contributed by atoms with van der Waals surface area (Å²) in [6.45, 7) is 3.83. The van der Waals surface area contributed by atoms with Crippen LogP contribution in [0.3, 0.4) is 0 Å². The Morgan fingerprint density at radius 2 is 2.00 bits per heavy atom. The van der Waals surface area contributed by atoms with E-state index < -0.39 is 0 Å². The Labute approximate surface area is 103 Å². The fourth-order valence-corrected chi connectivity index (χ4v) is 1.81. The first-order valence-electron chi connectivity index (χ1n) is 4.89. The molecule has 0 unspecified atom stereocenters. The number of benzene rings is 1. The lowest BCUT2D eigenvalue weighted by atomic mass is 10.2. The number of hydrogen-bond donors (Lipinski definition) is 0. The van der Waals surface area contributed by atoms with E-state index in [4.69, 9.17) is 4.74 Å². The summed E-state index contributed by atoms with van der Waals surface area (Å²) in [5.74, 6) is 2.08. The van der Waals surface area contributed by atoms with Crippen molar-refractivity contribution < 1.29 is 4.74 Å². The van der Waals surface area contributed by atoms with E-state index in [-0.39, 0.29) is 0 Å². The second-order valence-corrected chi connectivity index (χ2v) is 4.37. The van der Waals surface area contributed by atoms with E-state index in [1.54, 1.807) is 12.3 Å². The summed E-state index contributed by atoms with van der Waals surface area (Å²) in [6, 6.07) is 7.60. The lowest BCUT2D eigenvalue weighted by molar-refractivity contribution is 0.456. The molecule has 0 saturated carbocycles. The first kappa shape index (κ1) is 11.1. The van der Waals surface area contributed by atoms with E-state index >= 15 is 0 Å². The third-order valence-corrected chi connectivity index (χ3v) is 2.60. The molecule has 0 amide bonds. The van der Waals surface area contributed by atoms with Crippen molar-refractivity contribution in [1.82, 2.24) is 9.97 Å². The molecule has 0 aliphatic rings. The zero-order valence-electron chi connectivity index (χ0n) is 9.07. The van der Waals surface area contributed by atoms with Crippen molar-refractivity contribution in [3.05, 3.63) is 46.3 Å². The summed E-state index contributed by atoms with van der Waals surface area (Å²) in [7, 11) is 0. The molecule has 0 radical (unpaired) electrons. The van der Waals surface area contributed by atoms with E-state index in [9.17, 15) is 0 Å². The third-order valence-electron chi connectivity index (χ3n) is 2.10. The van der Waals surface area contributed by atoms with Crippen LogP contribution in [0, 0.1) is 13.8 Å². The summed E-state index contributed by atoms with van der Waals surface area (Å²) < 4.78 is 6.71. The molecule has 2 rings (SSSR count). The van der Waals surface area contributed by atoms with Gasteiger partial charge < -0.3 is 4.74 Å². The molecule has 2 aromatic rings. The maximum Gasteiger partial charge on any atom is 0.222 e. The molecule has 0 fully saturated rings. The Morgan fingerprint density at radius 1 is 1.19 bits per heavy atom. The zero-order valence-corrected chi connectivity index (χ0v) is 10.7. The first-order chi connectivity index (χ1) is 7.65. The number of halogens is 1. The molecule has 16 heavy (non-hydrogen) atoms. The highest BCUT2D eigenvalue weighted by Gasteiger charge is 2.03. The Kier molecular flexibility index (Phi) is 3.19. The molecule has 0 aliphatic carbocycles. The molecule has 82 valence electrons. The number of aromatic nitrogens is 2. The fraction of sp³-hybridized carbons (Fsp3) is 0.167. The lowest BCUT2D eigenvalue weighted by Crippen LogP contribution is -1.93. The maximum atomic E-state index is 5.67. The SMILES string of the molecule is Cc1nccc(Oc2ccc(Br)cc2C)n1. The van der Waals surface area contributed by atoms with Gasteiger partial charge in [0.25, 0.3) is 0 Å². The summed E-state index contributed by atoms with van der Waals surface area (Å²) in [5, 5.41) is 0. The molecule has 4 heteroatoms. The maximum absolute atomic E-state index is 5.67. The van der Waals surface area contributed by atoms with Gasteiger partial charge in [-0.1, -0.05) is 15.9 Å². The Balaban J connectivity index is 2.27. The topological polar surface area (TPSA) is 35.0 Å². The van der Waals surface area contributed by atoms with Crippen LogP contribution in [0.2, 0.25) is 0 Å². The van der Waals surface area contributed by atoms with Gasteiger partial charge in [0.05, 0.1) is 0 Å². The van der Waals surface area contributed by atoms with Gasteiger partial charge in [0.1, 0.15) is 11.6 Å². The van der Waals surface area contributed by atoms with Gasteiger partial charge in [-0.15, -0.1) is 0 Å². The second-order valence-electron chi connectivity index (χ2n) is 3.45. The monoisotopic (exact) mass is 278 g/mol. The van der Waals surface area contributed by atoms with Crippen LogP contribution >= 0.6 is 15.9 Å². The standard InChI is InChI=1S/C12H11BrN2O/c1-8-7-10(13)3-4-11(8)16-12-5-6-14-9(2)15-12/h3-7H,1-2H3. The van der Waals surface area contributed by atoms with Crippen LogP contribution < -0.4 is 4.74 Å². The van der Waals surface area contributed by atoms with Crippen molar-refractivity contribution in [1.29, 1.82) is 0 Å². The van der Waals surface area contributed by atoms with Crippen LogP contribution in [0.25, 0.3) is 0 Å². The number of rotatable bonds is 2. The molecule has 3 nitrogen and oxygen atoms in total. The van der Waals surface area contributed by atoms with E-state index in [0.717, 1.165) is 15.8 Å². The number of aryl methyl sites for hydroxylation is 2. The minimum atomic E-state index is 0.568. The predicted molar refractivity (Wildman–Crippen MR) is 65.7 cm³/mol. The fourth-order valence-electron chi connectivity index (χ4n) is 1.33. The summed E-state index contributed by atoms with van der Waals surface area (Å²) >= 11 is 3.41. The Morgan fingerprint density at radius 3 is 2.69 bits per heavy atom. The van der Waals surface area contributed by atoms with Gasteiger partial charge in [0.15, 0.2) is 0 Å².